The molecule has 0 N–H and O–H groups in total. The summed E-state index contributed by atoms with van der Waals surface area (Å²) >= 11 is 0. The third-order valence-corrected chi connectivity index (χ3v) is 3.61. The Bertz CT molecular complexity index is 356. The van der Waals surface area contributed by atoms with Crippen LogP contribution in [0.15, 0.2) is 24.3 Å². The number of methoxy groups -OCH3 is 1. The molecule has 86 valence electrons. The predicted molar refractivity (Wildman–Crippen MR) is 63.8 cm³/mol. The molecule has 1 aromatic rings. The summed E-state index contributed by atoms with van der Waals surface area (Å²) in [6.07, 6.45) is 5.45. The van der Waals surface area contributed by atoms with Crippen LogP contribution >= 0.6 is 0 Å². The molecular weight excluding hydrogens is 200 g/mol. The number of hydrogen-bond donors (Lipinski definition) is 0. The average Bonchev–Trinajstić information content (AvgIpc) is 2.26. The van der Waals surface area contributed by atoms with Crippen LogP contribution in [-0.4, -0.2) is 13.4 Å². The van der Waals surface area contributed by atoms with Gasteiger partial charge in [-0.25, -0.2) is 0 Å². The van der Waals surface area contributed by atoms with Crippen molar-refractivity contribution in [2.75, 3.05) is 7.11 Å². The highest BCUT2D eigenvalue weighted by atomic mass is 16.5. The Balaban J connectivity index is 2.25. The molecule has 1 unspecified atom stereocenters. The first-order valence-corrected chi connectivity index (χ1v) is 5.93. The molecular formula is C14H18O2. The third kappa shape index (κ3) is 2.11. The Hall–Kier alpha value is -1.31. The van der Waals surface area contributed by atoms with Crippen LogP contribution in [0.4, 0.5) is 0 Å². The topological polar surface area (TPSA) is 26.3 Å². The number of hydrogen-bond acceptors (Lipinski definition) is 2. The number of benzene rings is 1. The third-order valence-electron chi connectivity index (χ3n) is 3.61. The predicted octanol–water partition coefficient (Wildman–Crippen LogP) is 3.17. The lowest BCUT2D eigenvalue weighted by Gasteiger charge is -2.33. The maximum Gasteiger partial charge on any atom is 0.122 e. The van der Waals surface area contributed by atoms with E-state index >= 15 is 0 Å². The van der Waals surface area contributed by atoms with Crippen molar-refractivity contribution < 1.29 is 9.53 Å². The molecule has 16 heavy (non-hydrogen) atoms. The van der Waals surface area contributed by atoms with Gasteiger partial charge in [0.15, 0.2) is 0 Å². The highest BCUT2D eigenvalue weighted by molar-refractivity contribution is 5.53. The number of carbonyl (C=O) groups is 1. The van der Waals surface area contributed by atoms with Gasteiger partial charge in [-0.15, -0.1) is 0 Å². The molecule has 2 nitrogen and oxygen atoms in total. The van der Waals surface area contributed by atoms with E-state index in [0.717, 1.165) is 12.0 Å². The molecule has 2 rings (SSSR count). The van der Waals surface area contributed by atoms with Crippen LogP contribution in [0.25, 0.3) is 0 Å². The molecule has 2 heteroatoms. The lowest BCUT2D eigenvalue weighted by Crippen LogP contribution is -2.21. The molecule has 1 atom stereocenters. The van der Waals surface area contributed by atoms with E-state index in [1.807, 2.05) is 18.2 Å². The van der Waals surface area contributed by atoms with Gasteiger partial charge in [-0.05, 0) is 36.3 Å². The minimum Gasteiger partial charge on any atom is -0.496 e. The van der Waals surface area contributed by atoms with E-state index in [1.54, 1.807) is 7.11 Å². The maximum absolute atomic E-state index is 10.8. The summed E-state index contributed by atoms with van der Waals surface area (Å²) in [5.74, 6) is 1.94. The molecule has 0 heterocycles. The fourth-order valence-electron chi connectivity index (χ4n) is 2.49. The number of para-hydroxylation sites is 1. The quantitative estimate of drug-likeness (QED) is 0.709. The molecule has 1 saturated carbocycles. The van der Waals surface area contributed by atoms with Crippen molar-refractivity contribution in [1.82, 2.24) is 0 Å². The van der Waals surface area contributed by atoms with Gasteiger partial charge in [-0.1, -0.05) is 24.6 Å². The van der Waals surface area contributed by atoms with Crippen LogP contribution in [0.1, 0.15) is 37.2 Å². The van der Waals surface area contributed by atoms with Crippen LogP contribution in [0.2, 0.25) is 0 Å². The Morgan fingerprint density at radius 3 is 2.75 bits per heavy atom. The van der Waals surface area contributed by atoms with Crippen LogP contribution < -0.4 is 4.74 Å². The van der Waals surface area contributed by atoms with Gasteiger partial charge >= 0.3 is 0 Å². The summed E-state index contributed by atoms with van der Waals surface area (Å²) in [6, 6.07) is 8.06. The van der Waals surface area contributed by atoms with E-state index in [2.05, 4.69) is 6.07 Å². The van der Waals surface area contributed by atoms with Crippen molar-refractivity contribution in [2.45, 2.75) is 31.6 Å². The van der Waals surface area contributed by atoms with E-state index in [1.165, 1.54) is 24.8 Å². The minimum absolute atomic E-state index is 0.349. The molecule has 0 radical (unpaired) electrons. The summed E-state index contributed by atoms with van der Waals surface area (Å²) in [5, 5.41) is 0. The van der Waals surface area contributed by atoms with Crippen LogP contribution in [0.3, 0.4) is 0 Å². The second-order valence-electron chi connectivity index (χ2n) is 4.44. The fourth-order valence-corrected chi connectivity index (χ4v) is 2.49. The fraction of sp³-hybridized carbons (Fsp3) is 0.500. The summed E-state index contributed by atoms with van der Waals surface area (Å²) < 4.78 is 5.38. The normalized spacial score (nSPS) is 17.6. The number of ether oxygens (including phenoxy) is 1. The maximum atomic E-state index is 10.8. The van der Waals surface area contributed by atoms with Gasteiger partial charge in [0.1, 0.15) is 12.0 Å². The molecule has 1 fully saturated rings. The number of carbonyl (C=O) groups excluding carboxylic acids is 1. The summed E-state index contributed by atoms with van der Waals surface area (Å²) in [5.41, 5.74) is 1.20. The molecule has 0 saturated heterocycles. The van der Waals surface area contributed by atoms with Crippen molar-refractivity contribution in [1.29, 1.82) is 0 Å². The van der Waals surface area contributed by atoms with Gasteiger partial charge < -0.3 is 9.53 Å². The minimum atomic E-state index is 0.349. The molecule has 0 aliphatic heterocycles. The van der Waals surface area contributed by atoms with Gasteiger partial charge in [-0.3, -0.25) is 0 Å². The van der Waals surface area contributed by atoms with E-state index in [0.29, 0.717) is 18.3 Å². The molecule has 1 aliphatic carbocycles. The standard InChI is InChI=1S/C14H18O2/c1-16-14-8-3-2-7-13(14)12(9-10-15)11-5-4-6-11/h2-3,7-8,10-12H,4-6,9H2,1H3. The number of rotatable bonds is 5. The zero-order chi connectivity index (χ0) is 11.4. The van der Waals surface area contributed by atoms with Gasteiger partial charge in [0, 0.05) is 6.42 Å². The Kier molecular flexibility index (Phi) is 3.60. The molecule has 0 bridgehead atoms. The first-order valence-electron chi connectivity index (χ1n) is 5.93. The average molecular weight is 218 g/mol. The second kappa shape index (κ2) is 5.15. The monoisotopic (exact) mass is 218 g/mol. The zero-order valence-electron chi connectivity index (χ0n) is 9.69. The first-order chi connectivity index (χ1) is 7.86. The van der Waals surface area contributed by atoms with E-state index in [-0.39, 0.29) is 0 Å². The van der Waals surface area contributed by atoms with Gasteiger partial charge in [0.05, 0.1) is 7.11 Å². The van der Waals surface area contributed by atoms with Crippen molar-refractivity contribution in [2.24, 2.45) is 5.92 Å². The van der Waals surface area contributed by atoms with Gasteiger partial charge in [-0.2, -0.15) is 0 Å². The Morgan fingerprint density at radius 2 is 2.19 bits per heavy atom. The van der Waals surface area contributed by atoms with Crippen LogP contribution in [0.5, 0.6) is 5.75 Å². The van der Waals surface area contributed by atoms with E-state index in [9.17, 15) is 4.79 Å². The number of aldehydes is 1. The second-order valence-corrected chi connectivity index (χ2v) is 4.44. The van der Waals surface area contributed by atoms with Crippen molar-refractivity contribution >= 4 is 6.29 Å². The van der Waals surface area contributed by atoms with Crippen LogP contribution in [0, 0.1) is 5.92 Å². The Morgan fingerprint density at radius 1 is 1.44 bits per heavy atom. The smallest absolute Gasteiger partial charge is 0.122 e. The lowest BCUT2D eigenvalue weighted by atomic mass is 9.72. The highest BCUT2D eigenvalue weighted by Gasteiger charge is 2.29. The molecule has 0 amide bonds. The lowest BCUT2D eigenvalue weighted by molar-refractivity contribution is -0.108. The van der Waals surface area contributed by atoms with Crippen LogP contribution in [-0.2, 0) is 4.79 Å². The molecule has 1 aliphatic rings. The van der Waals surface area contributed by atoms with Gasteiger partial charge in [0.25, 0.3) is 0 Å². The molecule has 0 aromatic heterocycles. The van der Waals surface area contributed by atoms with Crippen molar-refractivity contribution in [3.63, 3.8) is 0 Å². The van der Waals surface area contributed by atoms with Crippen molar-refractivity contribution in [3.8, 4) is 5.75 Å². The summed E-state index contributed by atoms with van der Waals surface area (Å²) in [6.45, 7) is 0. The Labute approximate surface area is 96.6 Å². The largest absolute Gasteiger partial charge is 0.496 e. The molecule has 1 aromatic carbocycles. The zero-order valence-corrected chi connectivity index (χ0v) is 9.69. The van der Waals surface area contributed by atoms with E-state index < -0.39 is 0 Å². The van der Waals surface area contributed by atoms with E-state index in [4.69, 9.17) is 4.74 Å². The summed E-state index contributed by atoms with van der Waals surface area (Å²) in [7, 11) is 1.69. The first kappa shape index (κ1) is 11.2. The highest BCUT2D eigenvalue weighted by Crippen LogP contribution is 2.43. The SMILES string of the molecule is COc1ccccc1C(CC=O)C1CCC1. The molecule has 0 spiro atoms. The van der Waals surface area contributed by atoms with Crippen molar-refractivity contribution in [3.05, 3.63) is 29.8 Å². The van der Waals surface area contributed by atoms with Gasteiger partial charge in [0.2, 0.25) is 0 Å². The summed E-state index contributed by atoms with van der Waals surface area (Å²) in [4.78, 5) is 10.8.